The van der Waals surface area contributed by atoms with Gasteiger partial charge < -0.3 is 14.9 Å². The van der Waals surface area contributed by atoms with Gasteiger partial charge >= 0.3 is 5.97 Å². The number of fused-ring (bicyclic) bond motifs is 1. The fourth-order valence-electron chi connectivity index (χ4n) is 4.21. The molecule has 0 saturated heterocycles. The van der Waals surface area contributed by atoms with Gasteiger partial charge in [0, 0.05) is 11.3 Å². The number of carboxylic acids is 1. The molecule has 1 unspecified atom stereocenters. The predicted octanol–water partition coefficient (Wildman–Crippen LogP) is 4.67. The molecule has 1 heterocycles. The average Bonchev–Trinajstić information content (AvgIpc) is 2.78. The Hall–Kier alpha value is -2.92. The van der Waals surface area contributed by atoms with Crippen LogP contribution in [0.15, 0.2) is 60.7 Å². The van der Waals surface area contributed by atoms with Crippen LogP contribution in [0.4, 0.5) is 0 Å². The van der Waals surface area contributed by atoms with Gasteiger partial charge in [0.15, 0.2) is 5.60 Å². The van der Waals surface area contributed by atoms with E-state index in [9.17, 15) is 15.0 Å². The Morgan fingerprint density at radius 3 is 2.45 bits per heavy atom. The summed E-state index contributed by atoms with van der Waals surface area (Å²) in [5, 5.41) is 21.9. The van der Waals surface area contributed by atoms with E-state index in [1.165, 1.54) is 0 Å². The van der Waals surface area contributed by atoms with Crippen molar-refractivity contribution in [2.45, 2.75) is 44.3 Å². The highest BCUT2D eigenvalue weighted by Gasteiger charge is 2.45. The number of aliphatic hydroxyl groups is 1. The summed E-state index contributed by atoms with van der Waals surface area (Å²) in [6, 6.07) is 18.6. The van der Waals surface area contributed by atoms with E-state index in [1.54, 1.807) is 24.3 Å². The molecule has 0 aliphatic heterocycles. The molecule has 1 fully saturated rings. The van der Waals surface area contributed by atoms with Crippen molar-refractivity contribution in [2.24, 2.45) is 5.92 Å². The molecule has 29 heavy (non-hydrogen) atoms. The summed E-state index contributed by atoms with van der Waals surface area (Å²) in [7, 11) is 0. The van der Waals surface area contributed by atoms with Gasteiger partial charge in [-0.3, -0.25) is 0 Å². The third kappa shape index (κ3) is 3.96. The van der Waals surface area contributed by atoms with Crippen LogP contribution in [0.25, 0.3) is 10.9 Å². The molecule has 2 N–H and O–H groups in total. The van der Waals surface area contributed by atoms with Crippen molar-refractivity contribution in [2.75, 3.05) is 0 Å². The first kappa shape index (κ1) is 19.4. The number of carboxylic acid groups (broad SMARTS) is 1. The number of pyridine rings is 1. The summed E-state index contributed by atoms with van der Waals surface area (Å²) in [5.74, 6) is -0.833. The molecular formula is C24H25NO4. The summed E-state index contributed by atoms with van der Waals surface area (Å²) >= 11 is 0. The van der Waals surface area contributed by atoms with Crippen LogP contribution in [-0.2, 0) is 17.0 Å². The molecule has 1 saturated carbocycles. The van der Waals surface area contributed by atoms with Crippen molar-refractivity contribution in [3.8, 4) is 5.75 Å². The second-order valence-electron chi connectivity index (χ2n) is 7.71. The zero-order valence-electron chi connectivity index (χ0n) is 16.3. The van der Waals surface area contributed by atoms with Crippen LogP contribution in [0.3, 0.4) is 0 Å². The second-order valence-corrected chi connectivity index (χ2v) is 7.71. The lowest BCUT2D eigenvalue weighted by Gasteiger charge is -2.35. The molecule has 5 heteroatoms. The Balaban J connectivity index is 1.48. The zero-order valence-corrected chi connectivity index (χ0v) is 16.3. The summed E-state index contributed by atoms with van der Waals surface area (Å²) in [6.45, 7) is 0.315. The van der Waals surface area contributed by atoms with Gasteiger partial charge in [0.05, 0.1) is 11.2 Å². The number of nitrogens with zero attached hydrogens (tertiary/aromatic N) is 1. The van der Waals surface area contributed by atoms with Gasteiger partial charge in [-0.1, -0.05) is 55.7 Å². The van der Waals surface area contributed by atoms with E-state index < -0.39 is 11.6 Å². The van der Waals surface area contributed by atoms with Gasteiger partial charge in [0.1, 0.15) is 12.4 Å². The lowest BCUT2D eigenvalue weighted by atomic mass is 9.73. The van der Waals surface area contributed by atoms with E-state index in [4.69, 9.17) is 4.74 Å². The maximum absolute atomic E-state index is 11.9. The van der Waals surface area contributed by atoms with Crippen LogP contribution in [0.1, 0.15) is 43.4 Å². The van der Waals surface area contributed by atoms with Crippen LogP contribution in [0.5, 0.6) is 5.75 Å². The number of hydrogen-bond acceptors (Lipinski definition) is 4. The Morgan fingerprint density at radius 2 is 1.72 bits per heavy atom. The van der Waals surface area contributed by atoms with Gasteiger partial charge in [-0.05, 0) is 42.7 Å². The van der Waals surface area contributed by atoms with E-state index in [0.29, 0.717) is 17.9 Å². The largest absolute Gasteiger partial charge is 0.487 e. The minimum Gasteiger partial charge on any atom is -0.487 e. The third-order valence-electron chi connectivity index (χ3n) is 5.86. The normalized spacial score (nSPS) is 17.0. The van der Waals surface area contributed by atoms with E-state index in [0.717, 1.165) is 48.7 Å². The summed E-state index contributed by atoms with van der Waals surface area (Å²) in [4.78, 5) is 16.5. The number of benzene rings is 2. The smallest absolute Gasteiger partial charge is 0.340 e. The number of ether oxygens (including phenoxy) is 1. The summed E-state index contributed by atoms with van der Waals surface area (Å²) in [6.07, 6.45) is 4.48. The molecule has 3 aromatic rings. The molecule has 1 atom stereocenters. The first-order chi connectivity index (χ1) is 14.1. The van der Waals surface area contributed by atoms with Crippen molar-refractivity contribution in [3.05, 3.63) is 71.9 Å². The Kier molecular flexibility index (Phi) is 5.49. The van der Waals surface area contributed by atoms with Gasteiger partial charge in [0.2, 0.25) is 0 Å². The molecule has 1 aliphatic carbocycles. The minimum atomic E-state index is -1.85. The van der Waals surface area contributed by atoms with E-state index in [1.807, 2.05) is 36.4 Å². The molecule has 0 spiro atoms. The minimum absolute atomic E-state index is 0.262. The molecule has 0 amide bonds. The Labute approximate surface area is 170 Å². The molecule has 4 rings (SSSR count). The molecule has 1 aliphatic rings. The molecular weight excluding hydrogens is 366 g/mol. The topological polar surface area (TPSA) is 79.7 Å². The zero-order chi connectivity index (χ0) is 20.3. The highest BCUT2D eigenvalue weighted by Crippen LogP contribution is 2.40. The van der Waals surface area contributed by atoms with Crippen molar-refractivity contribution in [1.82, 2.24) is 4.98 Å². The van der Waals surface area contributed by atoms with E-state index in [-0.39, 0.29) is 5.92 Å². The Morgan fingerprint density at radius 1 is 1.00 bits per heavy atom. The van der Waals surface area contributed by atoms with E-state index >= 15 is 0 Å². The van der Waals surface area contributed by atoms with Crippen molar-refractivity contribution >= 4 is 16.9 Å². The molecule has 1 aromatic heterocycles. The third-order valence-corrected chi connectivity index (χ3v) is 5.86. The van der Waals surface area contributed by atoms with Gasteiger partial charge in [0.25, 0.3) is 0 Å². The SMILES string of the molecule is O=C(O)C(O)(c1ccc(OCc2ccc3ccccc3n2)cc1)C1CCCCC1. The standard InChI is InChI=1S/C24H25NO4/c26-23(27)24(28,18-7-2-1-3-8-18)19-11-14-21(15-12-19)29-16-20-13-10-17-6-4-5-9-22(17)25-20/h4-6,9-15,18,28H,1-3,7-8,16H2,(H,26,27). The number of aliphatic carboxylic acids is 1. The molecule has 150 valence electrons. The number of rotatable bonds is 6. The number of para-hydroxylation sites is 1. The van der Waals surface area contributed by atoms with Crippen LogP contribution >= 0.6 is 0 Å². The lowest BCUT2D eigenvalue weighted by Crippen LogP contribution is -2.43. The van der Waals surface area contributed by atoms with Crippen LogP contribution in [0.2, 0.25) is 0 Å². The number of hydrogen-bond donors (Lipinski definition) is 2. The lowest BCUT2D eigenvalue weighted by molar-refractivity contribution is -0.168. The monoisotopic (exact) mass is 391 g/mol. The highest BCUT2D eigenvalue weighted by atomic mass is 16.5. The molecule has 5 nitrogen and oxygen atoms in total. The molecule has 0 bridgehead atoms. The summed E-state index contributed by atoms with van der Waals surface area (Å²) in [5.41, 5.74) is 0.298. The quantitative estimate of drug-likeness (QED) is 0.638. The van der Waals surface area contributed by atoms with Crippen LogP contribution in [0, 0.1) is 5.92 Å². The maximum Gasteiger partial charge on any atom is 0.340 e. The first-order valence-corrected chi connectivity index (χ1v) is 10.1. The fraction of sp³-hybridized carbons (Fsp3) is 0.333. The average molecular weight is 391 g/mol. The van der Waals surface area contributed by atoms with Crippen LogP contribution < -0.4 is 4.74 Å². The van der Waals surface area contributed by atoms with Crippen LogP contribution in [-0.4, -0.2) is 21.2 Å². The number of aromatic nitrogens is 1. The first-order valence-electron chi connectivity index (χ1n) is 10.1. The maximum atomic E-state index is 11.9. The van der Waals surface area contributed by atoms with Crippen molar-refractivity contribution in [3.63, 3.8) is 0 Å². The highest BCUT2D eigenvalue weighted by molar-refractivity contribution is 5.80. The second kappa shape index (κ2) is 8.21. The van der Waals surface area contributed by atoms with E-state index in [2.05, 4.69) is 4.98 Å². The molecule has 0 radical (unpaired) electrons. The molecule has 2 aromatic carbocycles. The van der Waals surface area contributed by atoms with Gasteiger partial charge in [-0.15, -0.1) is 0 Å². The Bertz CT molecular complexity index is 995. The predicted molar refractivity (Wildman–Crippen MR) is 111 cm³/mol. The van der Waals surface area contributed by atoms with Gasteiger partial charge in [-0.25, -0.2) is 9.78 Å². The number of carbonyl (C=O) groups is 1. The van der Waals surface area contributed by atoms with Gasteiger partial charge in [-0.2, -0.15) is 0 Å². The van der Waals surface area contributed by atoms with Crippen molar-refractivity contribution in [1.29, 1.82) is 0 Å². The van der Waals surface area contributed by atoms with Crippen molar-refractivity contribution < 1.29 is 19.7 Å². The fourth-order valence-corrected chi connectivity index (χ4v) is 4.21. The summed E-state index contributed by atoms with van der Waals surface area (Å²) < 4.78 is 5.82.